The van der Waals surface area contributed by atoms with Gasteiger partial charge in [-0.2, -0.15) is 0 Å². The fourth-order valence-corrected chi connectivity index (χ4v) is 3.18. The number of thiazole rings is 1. The number of nitrogens with one attached hydrogen (secondary N) is 1. The fourth-order valence-electron chi connectivity index (χ4n) is 2.32. The minimum Gasteiger partial charge on any atom is -0.462 e. The highest BCUT2D eigenvalue weighted by Gasteiger charge is 2.22. The summed E-state index contributed by atoms with van der Waals surface area (Å²) in [6, 6.07) is 7.62. The summed E-state index contributed by atoms with van der Waals surface area (Å²) in [5, 5.41) is 3.72. The first-order valence-corrected chi connectivity index (χ1v) is 8.69. The van der Waals surface area contributed by atoms with Gasteiger partial charge in [0, 0.05) is 12.4 Å². The molecule has 1 N–H and O–H groups in total. The van der Waals surface area contributed by atoms with Gasteiger partial charge in [0.15, 0.2) is 5.13 Å². The Bertz CT molecular complexity index is 908. The molecule has 0 spiro atoms. The summed E-state index contributed by atoms with van der Waals surface area (Å²) in [4.78, 5) is 26.0. The first-order chi connectivity index (χ1) is 12.1. The molecular weight excluding hydrogens is 336 g/mol. The van der Waals surface area contributed by atoms with E-state index in [2.05, 4.69) is 20.3 Å². The second-order valence-electron chi connectivity index (χ2n) is 5.43. The number of hydrogen-bond donors (Lipinski definition) is 1. The van der Waals surface area contributed by atoms with Crippen molar-refractivity contribution in [3.05, 3.63) is 52.7 Å². The van der Waals surface area contributed by atoms with Crippen molar-refractivity contribution in [1.82, 2.24) is 15.0 Å². The van der Waals surface area contributed by atoms with Gasteiger partial charge in [0.05, 0.1) is 12.3 Å². The number of nitrogens with zero attached hydrogens (tertiary/aromatic N) is 3. The van der Waals surface area contributed by atoms with Gasteiger partial charge < -0.3 is 10.1 Å². The summed E-state index contributed by atoms with van der Waals surface area (Å²) >= 11 is 1.24. The monoisotopic (exact) mass is 354 g/mol. The van der Waals surface area contributed by atoms with Crippen LogP contribution in [-0.2, 0) is 4.74 Å². The molecule has 0 radical (unpaired) electrons. The van der Waals surface area contributed by atoms with Crippen LogP contribution in [0.1, 0.15) is 27.7 Å². The minimum absolute atomic E-state index is 0.305. The molecular formula is C18H18N4O2S. The highest BCUT2D eigenvalue weighted by molar-refractivity contribution is 7.18. The number of pyridine rings is 2. The molecule has 0 unspecified atom stereocenters. The van der Waals surface area contributed by atoms with Crippen LogP contribution >= 0.6 is 11.3 Å². The smallest absolute Gasteiger partial charge is 0.350 e. The average Bonchev–Trinajstić information content (AvgIpc) is 2.99. The largest absolute Gasteiger partial charge is 0.462 e. The van der Waals surface area contributed by atoms with Crippen molar-refractivity contribution < 1.29 is 9.53 Å². The molecule has 0 aromatic carbocycles. The molecule has 0 saturated heterocycles. The molecule has 0 atom stereocenters. The third-order valence-corrected chi connectivity index (χ3v) is 4.42. The van der Waals surface area contributed by atoms with E-state index in [1.54, 1.807) is 19.3 Å². The molecule has 3 aromatic heterocycles. The van der Waals surface area contributed by atoms with Gasteiger partial charge in [-0.3, -0.25) is 4.98 Å². The van der Waals surface area contributed by atoms with Crippen LogP contribution in [0.25, 0.3) is 11.4 Å². The topological polar surface area (TPSA) is 77.0 Å². The van der Waals surface area contributed by atoms with Gasteiger partial charge in [-0.1, -0.05) is 17.4 Å². The van der Waals surface area contributed by atoms with E-state index in [1.165, 1.54) is 11.3 Å². The van der Waals surface area contributed by atoms with Crippen molar-refractivity contribution in [2.24, 2.45) is 0 Å². The zero-order valence-electron chi connectivity index (χ0n) is 14.2. The van der Waals surface area contributed by atoms with E-state index in [4.69, 9.17) is 4.74 Å². The maximum Gasteiger partial charge on any atom is 0.350 e. The van der Waals surface area contributed by atoms with Crippen LogP contribution in [0.4, 0.5) is 10.9 Å². The molecule has 0 fully saturated rings. The fraction of sp³-hybridized carbons (Fsp3) is 0.222. The number of aryl methyl sites for hydroxylation is 2. The lowest BCUT2D eigenvalue weighted by Gasteiger charge is -2.04. The van der Waals surface area contributed by atoms with Gasteiger partial charge in [0.2, 0.25) is 0 Å². The van der Waals surface area contributed by atoms with Crippen molar-refractivity contribution in [2.75, 3.05) is 11.9 Å². The molecule has 3 rings (SSSR count). The Morgan fingerprint density at radius 3 is 2.76 bits per heavy atom. The molecule has 0 aliphatic carbocycles. The third kappa shape index (κ3) is 3.83. The lowest BCUT2D eigenvalue weighted by Crippen LogP contribution is -2.04. The van der Waals surface area contributed by atoms with E-state index in [0.717, 1.165) is 11.1 Å². The summed E-state index contributed by atoms with van der Waals surface area (Å²) < 4.78 is 5.17. The van der Waals surface area contributed by atoms with E-state index in [0.29, 0.717) is 33.8 Å². The summed E-state index contributed by atoms with van der Waals surface area (Å²) in [5.41, 5.74) is 3.22. The quantitative estimate of drug-likeness (QED) is 0.694. The van der Waals surface area contributed by atoms with Crippen LogP contribution in [-0.4, -0.2) is 27.5 Å². The third-order valence-electron chi connectivity index (χ3n) is 3.47. The van der Waals surface area contributed by atoms with Gasteiger partial charge in [0.1, 0.15) is 16.4 Å². The van der Waals surface area contributed by atoms with Crippen molar-refractivity contribution in [1.29, 1.82) is 0 Å². The number of carbonyl (C=O) groups is 1. The standard InChI is InChI=1S/C18H18N4O2S/c1-4-24-17(23)16-15(14-12(3)6-5-8-20-14)22-18(25-16)21-13-10-11(2)7-9-19-13/h5-10H,4H2,1-3H3,(H,19,21,22). The summed E-state index contributed by atoms with van der Waals surface area (Å²) in [6.07, 6.45) is 3.41. The van der Waals surface area contributed by atoms with Crippen molar-refractivity contribution in [3.63, 3.8) is 0 Å². The van der Waals surface area contributed by atoms with Crippen LogP contribution in [0.5, 0.6) is 0 Å². The lowest BCUT2D eigenvalue weighted by molar-refractivity contribution is 0.0532. The molecule has 3 aromatic rings. The number of aromatic nitrogens is 3. The van der Waals surface area contributed by atoms with Crippen molar-refractivity contribution in [2.45, 2.75) is 20.8 Å². The zero-order valence-corrected chi connectivity index (χ0v) is 15.1. The lowest BCUT2D eigenvalue weighted by atomic mass is 10.1. The SMILES string of the molecule is CCOC(=O)c1sc(Nc2cc(C)ccn2)nc1-c1ncccc1C. The first-order valence-electron chi connectivity index (χ1n) is 7.88. The van der Waals surface area contributed by atoms with Crippen molar-refractivity contribution in [3.8, 4) is 11.4 Å². The molecule has 25 heavy (non-hydrogen) atoms. The molecule has 0 saturated carbocycles. The van der Waals surface area contributed by atoms with E-state index >= 15 is 0 Å². The minimum atomic E-state index is -0.398. The molecule has 0 amide bonds. The number of rotatable bonds is 5. The average molecular weight is 354 g/mol. The Morgan fingerprint density at radius 1 is 1.20 bits per heavy atom. The molecule has 3 heterocycles. The molecule has 6 nitrogen and oxygen atoms in total. The van der Waals surface area contributed by atoms with Gasteiger partial charge in [0.25, 0.3) is 0 Å². The second-order valence-corrected chi connectivity index (χ2v) is 6.43. The second kappa shape index (κ2) is 7.40. The summed E-state index contributed by atoms with van der Waals surface area (Å²) in [7, 11) is 0. The number of carbonyl (C=O) groups excluding carboxylic acids is 1. The molecule has 0 aliphatic rings. The Hall–Kier alpha value is -2.80. The van der Waals surface area contributed by atoms with Gasteiger partial charge in [-0.25, -0.2) is 14.8 Å². The van der Waals surface area contributed by atoms with Crippen LogP contribution in [0.3, 0.4) is 0 Å². The molecule has 7 heteroatoms. The maximum absolute atomic E-state index is 12.3. The van der Waals surface area contributed by atoms with E-state index < -0.39 is 5.97 Å². The van der Waals surface area contributed by atoms with E-state index in [-0.39, 0.29) is 0 Å². The predicted octanol–water partition coefficient (Wildman–Crippen LogP) is 4.14. The highest BCUT2D eigenvalue weighted by atomic mass is 32.1. The zero-order chi connectivity index (χ0) is 17.8. The van der Waals surface area contributed by atoms with Crippen LogP contribution in [0.15, 0.2) is 36.7 Å². The Morgan fingerprint density at radius 2 is 2.04 bits per heavy atom. The Balaban J connectivity index is 2.02. The van der Waals surface area contributed by atoms with E-state index in [9.17, 15) is 4.79 Å². The molecule has 0 bridgehead atoms. The van der Waals surface area contributed by atoms with Crippen LogP contribution in [0.2, 0.25) is 0 Å². The predicted molar refractivity (Wildman–Crippen MR) is 98.3 cm³/mol. The first kappa shape index (κ1) is 17.0. The van der Waals surface area contributed by atoms with Gasteiger partial charge in [-0.15, -0.1) is 0 Å². The maximum atomic E-state index is 12.3. The highest BCUT2D eigenvalue weighted by Crippen LogP contribution is 2.33. The normalized spacial score (nSPS) is 10.5. The molecule has 0 aliphatic heterocycles. The van der Waals surface area contributed by atoms with Gasteiger partial charge in [-0.05, 0) is 50.1 Å². The van der Waals surface area contributed by atoms with Gasteiger partial charge >= 0.3 is 5.97 Å². The number of hydrogen-bond acceptors (Lipinski definition) is 7. The Kier molecular flexibility index (Phi) is 5.04. The number of anilines is 2. The number of ether oxygens (including phenoxy) is 1. The van der Waals surface area contributed by atoms with Crippen LogP contribution < -0.4 is 5.32 Å². The van der Waals surface area contributed by atoms with Crippen LogP contribution in [0, 0.1) is 13.8 Å². The van der Waals surface area contributed by atoms with Crippen molar-refractivity contribution >= 4 is 28.3 Å². The number of esters is 1. The van der Waals surface area contributed by atoms with E-state index in [1.807, 2.05) is 38.1 Å². The Labute approximate surface area is 149 Å². The summed E-state index contributed by atoms with van der Waals surface area (Å²) in [6.45, 7) is 6.01. The molecule has 128 valence electrons. The summed E-state index contributed by atoms with van der Waals surface area (Å²) in [5.74, 6) is 0.277.